The lowest BCUT2D eigenvalue weighted by molar-refractivity contribution is -0.0849. The number of rotatable bonds is 4. The molecule has 1 fully saturated rings. The molecule has 1 saturated heterocycles. The number of aliphatic hydroxyl groups is 3. The van der Waals surface area contributed by atoms with Gasteiger partial charge < -0.3 is 29.9 Å². The number of ether oxygens (including phenoxy) is 1. The lowest BCUT2D eigenvalue weighted by Gasteiger charge is -2.21. The first kappa shape index (κ1) is 18.8. The standard InChI is InChI=1S/C17H18ClN5O5/c1-27-22-15-10-16(20-6-19-15)23(7-21-10)17-13(26)12(25)14(28-17)11(24)8-2-4-9(18)5-3-8/h2-7,11-14,17,24-26H,1H3,(H,19,20,22)/t11-,12+,13-,14-,17-/m1/s1. The Morgan fingerprint density at radius 1 is 1.25 bits per heavy atom. The van der Waals surface area contributed by atoms with Crippen LogP contribution in [0.25, 0.3) is 11.2 Å². The maximum absolute atomic E-state index is 10.6. The molecule has 1 aromatic carbocycles. The number of nitrogens with one attached hydrogen (secondary N) is 1. The van der Waals surface area contributed by atoms with E-state index in [0.29, 0.717) is 21.7 Å². The summed E-state index contributed by atoms with van der Waals surface area (Å²) in [6, 6.07) is 6.52. The zero-order chi connectivity index (χ0) is 19.8. The molecule has 0 unspecified atom stereocenters. The fraction of sp³-hybridized carbons (Fsp3) is 0.353. The van der Waals surface area contributed by atoms with E-state index in [1.54, 1.807) is 24.3 Å². The maximum Gasteiger partial charge on any atom is 0.222 e. The second-order valence-electron chi connectivity index (χ2n) is 6.32. The van der Waals surface area contributed by atoms with E-state index >= 15 is 0 Å². The van der Waals surface area contributed by atoms with E-state index in [9.17, 15) is 15.3 Å². The summed E-state index contributed by atoms with van der Waals surface area (Å²) in [5.74, 6) is 0. The minimum absolute atomic E-state index is 0.251. The van der Waals surface area contributed by atoms with Crippen molar-refractivity contribution < 1.29 is 24.9 Å². The number of aromatic amines is 1. The van der Waals surface area contributed by atoms with E-state index in [2.05, 4.69) is 20.1 Å². The largest absolute Gasteiger partial charge is 0.397 e. The van der Waals surface area contributed by atoms with Crippen LogP contribution in [0.2, 0.25) is 5.02 Å². The van der Waals surface area contributed by atoms with Gasteiger partial charge in [0, 0.05) is 5.02 Å². The van der Waals surface area contributed by atoms with Gasteiger partial charge in [0.2, 0.25) is 5.49 Å². The number of imidazole rings is 1. The summed E-state index contributed by atoms with van der Waals surface area (Å²) in [6.45, 7) is 0. The van der Waals surface area contributed by atoms with Crippen LogP contribution in [0.15, 0.2) is 42.1 Å². The van der Waals surface area contributed by atoms with Crippen LogP contribution in [0.1, 0.15) is 17.9 Å². The van der Waals surface area contributed by atoms with Crippen molar-refractivity contribution in [1.82, 2.24) is 19.5 Å². The molecule has 0 aliphatic carbocycles. The molecule has 1 aliphatic heterocycles. The van der Waals surface area contributed by atoms with Gasteiger partial charge in [-0.2, -0.15) is 0 Å². The molecule has 3 aromatic rings. The monoisotopic (exact) mass is 407 g/mol. The summed E-state index contributed by atoms with van der Waals surface area (Å²) in [5, 5.41) is 35.9. The minimum Gasteiger partial charge on any atom is -0.397 e. The zero-order valence-corrected chi connectivity index (χ0v) is 15.4. The van der Waals surface area contributed by atoms with E-state index in [-0.39, 0.29) is 5.49 Å². The molecule has 0 spiro atoms. The number of H-pyrrole nitrogens is 1. The second kappa shape index (κ2) is 7.49. The molecule has 0 bridgehead atoms. The summed E-state index contributed by atoms with van der Waals surface area (Å²) in [7, 11) is 1.39. The summed E-state index contributed by atoms with van der Waals surface area (Å²) in [6.07, 6.45) is -2.99. The first-order valence-electron chi connectivity index (χ1n) is 8.44. The number of benzene rings is 1. The third kappa shape index (κ3) is 3.15. The third-order valence-electron chi connectivity index (χ3n) is 4.64. The van der Waals surface area contributed by atoms with Gasteiger partial charge in [0.05, 0.1) is 12.7 Å². The van der Waals surface area contributed by atoms with Crippen LogP contribution >= 0.6 is 11.6 Å². The van der Waals surface area contributed by atoms with Crippen LogP contribution in [0.4, 0.5) is 0 Å². The van der Waals surface area contributed by atoms with Crippen molar-refractivity contribution in [2.75, 3.05) is 7.11 Å². The van der Waals surface area contributed by atoms with Gasteiger partial charge in [0.15, 0.2) is 11.7 Å². The molecule has 11 heteroatoms. The van der Waals surface area contributed by atoms with Crippen molar-refractivity contribution in [3.8, 4) is 0 Å². The smallest absolute Gasteiger partial charge is 0.222 e. The van der Waals surface area contributed by atoms with Gasteiger partial charge in [-0.3, -0.25) is 4.57 Å². The van der Waals surface area contributed by atoms with Gasteiger partial charge in [-0.05, 0) is 17.7 Å². The normalized spacial score (nSPS) is 26.7. The molecule has 28 heavy (non-hydrogen) atoms. The Hall–Kier alpha value is -2.50. The summed E-state index contributed by atoms with van der Waals surface area (Å²) in [5.41, 5.74) is 1.62. The zero-order valence-electron chi connectivity index (χ0n) is 14.7. The highest BCUT2D eigenvalue weighted by molar-refractivity contribution is 6.30. The number of nitrogens with zero attached hydrogens (tertiary/aromatic N) is 4. The number of hydrogen-bond donors (Lipinski definition) is 4. The van der Waals surface area contributed by atoms with Gasteiger partial charge in [0.1, 0.15) is 37.2 Å². The first-order chi connectivity index (χ1) is 13.5. The van der Waals surface area contributed by atoms with Gasteiger partial charge in [0.25, 0.3) is 0 Å². The predicted octanol–water partition coefficient (Wildman–Crippen LogP) is 0.228. The second-order valence-corrected chi connectivity index (χ2v) is 6.75. The van der Waals surface area contributed by atoms with Crippen molar-refractivity contribution in [1.29, 1.82) is 0 Å². The quantitative estimate of drug-likeness (QED) is 0.454. The Bertz CT molecular complexity index is 1040. The van der Waals surface area contributed by atoms with Crippen molar-refractivity contribution in [2.24, 2.45) is 5.16 Å². The minimum atomic E-state index is -1.32. The molecular weight excluding hydrogens is 390 g/mol. The number of aliphatic hydroxyl groups excluding tert-OH is 3. The fourth-order valence-electron chi connectivity index (χ4n) is 3.26. The Balaban J connectivity index is 1.67. The van der Waals surface area contributed by atoms with Crippen LogP contribution in [0.5, 0.6) is 0 Å². The molecule has 3 heterocycles. The molecule has 0 saturated carbocycles. The Labute approximate surface area is 163 Å². The lowest BCUT2D eigenvalue weighted by Crippen LogP contribution is -2.34. The van der Waals surface area contributed by atoms with Gasteiger partial charge >= 0.3 is 0 Å². The molecule has 4 N–H and O–H groups in total. The molecule has 5 atom stereocenters. The van der Waals surface area contributed by atoms with Crippen LogP contribution in [0.3, 0.4) is 0 Å². The van der Waals surface area contributed by atoms with Crippen molar-refractivity contribution in [3.63, 3.8) is 0 Å². The van der Waals surface area contributed by atoms with E-state index in [1.807, 2.05) is 0 Å². The Morgan fingerprint density at radius 2 is 2.00 bits per heavy atom. The molecule has 148 valence electrons. The van der Waals surface area contributed by atoms with Crippen LogP contribution < -0.4 is 5.49 Å². The topological polar surface area (TPSA) is 138 Å². The Morgan fingerprint density at radius 3 is 2.71 bits per heavy atom. The molecule has 10 nitrogen and oxygen atoms in total. The SMILES string of the molecule is CO/N=c1/nc[nH]c2c1ncn2[C@@H]1O[C@H]([C@H](O)c2ccc(Cl)cc2)[C@@H](O)[C@H]1O. The molecule has 2 aromatic heterocycles. The van der Waals surface area contributed by atoms with Gasteiger partial charge in [-0.1, -0.05) is 28.9 Å². The van der Waals surface area contributed by atoms with E-state index in [1.165, 1.54) is 24.3 Å². The molecule has 0 amide bonds. The van der Waals surface area contributed by atoms with Gasteiger partial charge in [-0.25, -0.2) is 9.97 Å². The first-order valence-corrected chi connectivity index (χ1v) is 8.81. The van der Waals surface area contributed by atoms with Crippen LogP contribution in [-0.4, -0.2) is 60.3 Å². The molecule has 4 rings (SSSR count). The number of halogens is 1. The average Bonchev–Trinajstić information content (AvgIpc) is 3.25. The third-order valence-corrected chi connectivity index (χ3v) is 4.90. The number of aromatic nitrogens is 4. The van der Waals surface area contributed by atoms with Crippen molar-refractivity contribution in [2.45, 2.75) is 30.6 Å². The fourth-order valence-corrected chi connectivity index (χ4v) is 3.38. The van der Waals surface area contributed by atoms with Crippen molar-refractivity contribution >= 4 is 22.8 Å². The lowest BCUT2D eigenvalue weighted by atomic mass is 9.99. The predicted molar refractivity (Wildman–Crippen MR) is 96.8 cm³/mol. The van der Waals surface area contributed by atoms with E-state index in [0.717, 1.165) is 0 Å². The van der Waals surface area contributed by atoms with E-state index < -0.39 is 30.6 Å². The van der Waals surface area contributed by atoms with Crippen molar-refractivity contribution in [3.05, 3.63) is 53.0 Å². The van der Waals surface area contributed by atoms with Crippen LogP contribution in [-0.2, 0) is 9.57 Å². The number of fused-ring (bicyclic) bond motifs is 1. The van der Waals surface area contributed by atoms with Crippen LogP contribution in [0, 0.1) is 0 Å². The average molecular weight is 408 g/mol. The highest BCUT2D eigenvalue weighted by Crippen LogP contribution is 2.37. The summed E-state index contributed by atoms with van der Waals surface area (Å²) in [4.78, 5) is 15.9. The highest BCUT2D eigenvalue weighted by Gasteiger charge is 2.47. The summed E-state index contributed by atoms with van der Waals surface area (Å²) >= 11 is 5.87. The van der Waals surface area contributed by atoms with E-state index in [4.69, 9.17) is 21.2 Å². The molecule has 0 radical (unpaired) electrons. The molecule has 1 aliphatic rings. The Kier molecular flexibility index (Phi) is 5.04. The molecular formula is C17H18ClN5O5. The maximum atomic E-state index is 10.6. The van der Waals surface area contributed by atoms with Gasteiger partial charge in [-0.15, -0.1) is 0 Å². The number of hydrogen-bond acceptors (Lipinski definition) is 8. The summed E-state index contributed by atoms with van der Waals surface area (Å²) < 4.78 is 7.33. The highest BCUT2D eigenvalue weighted by atomic mass is 35.5.